The lowest BCUT2D eigenvalue weighted by Crippen LogP contribution is -2.29. The third-order valence-electron chi connectivity index (χ3n) is 8.48. The van der Waals surface area contributed by atoms with Gasteiger partial charge in [-0.3, -0.25) is 0 Å². The first-order valence-electron chi connectivity index (χ1n) is 17.5. The van der Waals surface area contributed by atoms with Crippen molar-refractivity contribution in [1.82, 2.24) is 0 Å². The summed E-state index contributed by atoms with van der Waals surface area (Å²) in [5.74, 6) is 0.779. The Bertz CT molecular complexity index is 1030. The summed E-state index contributed by atoms with van der Waals surface area (Å²) in [6.45, 7) is 7.94. The number of rotatable bonds is 24. The van der Waals surface area contributed by atoms with E-state index in [1.54, 1.807) is 23.5 Å². The van der Waals surface area contributed by atoms with Crippen molar-refractivity contribution in [1.29, 1.82) is 0 Å². The minimum Gasteiger partial charge on any atom is -0.744 e. The summed E-state index contributed by atoms with van der Waals surface area (Å²) < 4.78 is 45.4. The Labute approximate surface area is 273 Å². The first-order chi connectivity index (χ1) is 21.4. The average Bonchev–Trinajstić information content (AvgIpc) is 3.69. The Morgan fingerprint density at radius 1 is 0.864 bits per heavy atom. The molecule has 1 fully saturated rings. The first-order valence-corrected chi connectivity index (χ1v) is 19.9. The molecule has 0 bridgehead atoms. The molecule has 0 radical (unpaired) electrons. The summed E-state index contributed by atoms with van der Waals surface area (Å²) in [5.41, 5.74) is 3.12. The number of hydrogen-bond acceptors (Lipinski definition) is 6. The van der Waals surface area contributed by atoms with Gasteiger partial charge in [-0.05, 0) is 50.7 Å². The second-order valence-electron chi connectivity index (χ2n) is 12.6. The third-order valence-corrected chi connectivity index (χ3v) is 10.00. The average molecular weight is 652 g/mol. The molecule has 252 valence electrons. The van der Waals surface area contributed by atoms with Gasteiger partial charge in [0.05, 0.1) is 23.0 Å². The van der Waals surface area contributed by atoms with Crippen LogP contribution in [0.5, 0.6) is 0 Å². The fraction of sp³-hybridized carbons (Fsp3) is 0.750. The van der Waals surface area contributed by atoms with E-state index < -0.39 is 10.1 Å². The molecule has 2 heterocycles. The molecule has 1 aliphatic heterocycles. The van der Waals surface area contributed by atoms with E-state index >= 15 is 0 Å². The molecule has 0 saturated carbocycles. The van der Waals surface area contributed by atoms with Gasteiger partial charge in [-0.15, -0.1) is 0 Å². The highest BCUT2D eigenvalue weighted by molar-refractivity contribution is 7.85. The van der Waals surface area contributed by atoms with Crippen LogP contribution in [0.4, 0.5) is 0 Å². The normalized spacial score (nSPS) is 16.6. The second kappa shape index (κ2) is 24.9. The van der Waals surface area contributed by atoms with E-state index in [1.807, 2.05) is 6.92 Å². The Kier molecular flexibility index (Phi) is 22.0. The van der Waals surface area contributed by atoms with Crippen molar-refractivity contribution >= 4 is 21.5 Å². The summed E-state index contributed by atoms with van der Waals surface area (Å²) in [4.78, 5) is -0.178. The molecule has 6 nitrogen and oxygen atoms in total. The molecule has 0 amide bonds. The van der Waals surface area contributed by atoms with Crippen molar-refractivity contribution < 1.29 is 27.0 Å². The SMILES string of the molecule is CCCCCCCCCCCCCCCC1COC(COCCCCCC[n+]2ccsc2)C1.Cc1ccc(S(=O)(=O)[O-])cc1. The van der Waals surface area contributed by atoms with E-state index in [-0.39, 0.29) is 4.90 Å². The molecule has 1 saturated heterocycles. The van der Waals surface area contributed by atoms with E-state index in [1.165, 1.54) is 134 Å². The Hall–Kier alpha value is -1.32. The van der Waals surface area contributed by atoms with Crippen LogP contribution < -0.4 is 4.57 Å². The number of ether oxygens (including phenoxy) is 2. The van der Waals surface area contributed by atoms with Gasteiger partial charge in [0, 0.05) is 19.6 Å². The van der Waals surface area contributed by atoms with Gasteiger partial charge in [-0.2, -0.15) is 4.57 Å². The summed E-state index contributed by atoms with van der Waals surface area (Å²) in [5, 5.41) is 2.14. The van der Waals surface area contributed by atoms with Gasteiger partial charge in [0.2, 0.25) is 5.51 Å². The molecule has 0 spiro atoms. The molecular formula is C36H61NO5S2. The standard InChI is InChI=1S/C29H54NO2S.C7H8O3S/c1-2-3-4-5-6-7-8-9-10-11-12-13-16-19-28-24-29(32-25-28)26-31-22-18-15-14-17-20-30-21-23-33-27-30;1-6-2-4-7(5-3-6)11(8,9)10/h21,23,27-29H,2-20,22,24-26H2,1H3;2-5H,1H3,(H,8,9,10)/q+1;/p-1. The van der Waals surface area contributed by atoms with Gasteiger partial charge < -0.3 is 14.0 Å². The number of aromatic nitrogens is 1. The lowest BCUT2D eigenvalue weighted by atomic mass is 9.97. The lowest BCUT2D eigenvalue weighted by Gasteiger charge is -2.10. The fourth-order valence-electron chi connectivity index (χ4n) is 5.71. The fourth-order valence-corrected chi connectivity index (χ4v) is 6.81. The van der Waals surface area contributed by atoms with Gasteiger partial charge in [-0.1, -0.05) is 126 Å². The van der Waals surface area contributed by atoms with Crippen molar-refractivity contribution in [3.05, 3.63) is 46.9 Å². The highest BCUT2D eigenvalue weighted by Crippen LogP contribution is 2.25. The zero-order chi connectivity index (χ0) is 31.7. The van der Waals surface area contributed by atoms with E-state index in [2.05, 4.69) is 28.6 Å². The molecule has 2 aromatic rings. The molecular weight excluding hydrogens is 591 g/mol. The number of benzene rings is 1. The molecule has 0 aliphatic carbocycles. The first kappa shape index (κ1) is 38.9. The smallest absolute Gasteiger partial charge is 0.224 e. The molecule has 0 N–H and O–H groups in total. The highest BCUT2D eigenvalue weighted by atomic mass is 32.2. The predicted molar refractivity (Wildman–Crippen MR) is 181 cm³/mol. The number of aryl methyl sites for hydroxylation is 2. The van der Waals surface area contributed by atoms with Crippen LogP contribution in [0.25, 0.3) is 0 Å². The molecule has 3 rings (SSSR count). The van der Waals surface area contributed by atoms with Crippen LogP contribution in [0.2, 0.25) is 0 Å². The Balaban J connectivity index is 0.000000514. The largest absolute Gasteiger partial charge is 0.744 e. The molecule has 1 aromatic carbocycles. The summed E-state index contributed by atoms with van der Waals surface area (Å²) in [7, 11) is -4.27. The zero-order valence-electron chi connectivity index (χ0n) is 27.8. The van der Waals surface area contributed by atoms with Crippen LogP contribution in [-0.2, 0) is 26.1 Å². The maximum atomic E-state index is 10.4. The van der Waals surface area contributed by atoms with Crippen molar-refractivity contribution in [3.63, 3.8) is 0 Å². The van der Waals surface area contributed by atoms with Crippen molar-refractivity contribution in [3.8, 4) is 0 Å². The minimum absolute atomic E-state index is 0.178. The van der Waals surface area contributed by atoms with Crippen LogP contribution >= 0.6 is 11.3 Å². The van der Waals surface area contributed by atoms with Gasteiger partial charge >= 0.3 is 0 Å². The third kappa shape index (κ3) is 19.9. The van der Waals surface area contributed by atoms with Crippen LogP contribution in [0.3, 0.4) is 0 Å². The number of hydrogen-bond donors (Lipinski definition) is 0. The van der Waals surface area contributed by atoms with Crippen molar-refractivity contribution in [2.45, 2.75) is 153 Å². The molecule has 44 heavy (non-hydrogen) atoms. The van der Waals surface area contributed by atoms with Gasteiger partial charge in [0.1, 0.15) is 16.7 Å². The summed E-state index contributed by atoms with van der Waals surface area (Å²) in [6.07, 6.45) is 28.8. The Morgan fingerprint density at radius 2 is 1.45 bits per heavy atom. The maximum Gasteiger partial charge on any atom is 0.224 e. The lowest BCUT2D eigenvalue weighted by molar-refractivity contribution is -0.692. The van der Waals surface area contributed by atoms with E-state index in [0.29, 0.717) is 6.10 Å². The highest BCUT2D eigenvalue weighted by Gasteiger charge is 2.25. The number of nitrogens with zero attached hydrogens (tertiary/aromatic N) is 1. The van der Waals surface area contributed by atoms with Crippen molar-refractivity contribution in [2.24, 2.45) is 5.92 Å². The molecule has 2 atom stereocenters. The van der Waals surface area contributed by atoms with Crippen LogP contribution in [0.1, 0.15) is 134 Å². The topological polar surface area (TPSA) is 79.5 Å². The van der Waals surface area contributed by atoms with E-state index in [0.717, 1.165) is 37.8 Å². The van der Waals surface area contributed by atoms with E-state index in [4.69, 9.17) is 9.47 Å². The van der Waals surface area contributed by atoms with Gasteiger partial charge in [-0.25, -0.2) is 8.42 Å². The van der Waals surface area contributed by atoms with Crippen LogP contribution in [0, 0.1) is 12.8 Å². The zero-order valence-corrected chi connectivity index (χ0v) is 29.4. The summed E-state index contributed by atoms with van der Waals surface area (Å²) in [6, 6.07) is 5.78. The van der Waals surface area contributed by atoms with Gasteiger partial charge in [0.15, 0.2) is 6.20 Å². The second-order valence-corrected chi connectivity index (χ2v) is 14.7. The quantitative estimate of drug-likeness (QED) is 0.0642. The number of thiazole rings is 1. The van der Waals surface area contributed by atoms with Crippen LogP contribution in [-0.4, -0.2) is 38.9 Å². The van der Waals surface area contributed by atoms with Crippen LogP contribution in [0.15, 0.2) is 46.2 Å². The minimum atomic E-state index is -4.27. The molecule has 8 heteroatoms. The number of unbranched alkanes of at least 4 members (excludes halogenated alkanes) is 15. The molecule has 1 aromatic heterocycles. The maximum absolute atomic E-state index is 10.4. The summed E-state index contributed by atoms with van der Waals surface area (Å²) >= 11 is 1.77. The molecule has 1 aliphatic rings. The Morgan fingerprint density at radius 3 is 2.05 bits per heavy atom. The predicted octanol–water partition coefficient (Wildman–Crippen LogP) is 9.40. The van der Waals surface area contributed by atoms with Crippen molar-refractivity contribution in [2.75, 3.05) is 19.8 Å². The molecule has 2 unspecified atom stereocenters. The monoisotopic (exact) mass is 651 g/mol. The van der Waals surface area contributed by atoms with Gasteiger partial charge in [0.25, 0.3) is 0 Å². The van der Waals surface area contributed by atoms with E-state index in [9.17, 15) is 13.0 Å².